The van der Waals surface area contributed by atoms with Crippen molar-refractivity contribution in [2.75, 3.05) is 24.3 Å². The normalized spacial score (nSPS) is 12.9. The molecular formula is C22H19N5O2S. The number of amides is 1. The van der Waals surface area contributed by atoms with E-state index in [4.69, 9.17) is 9.84 Å². The van der Waals surface area contributed by atoms with Crippen molar-refractivity contribution in [2.45, 2.75) is 11.6 Å². The summed E-state index contributed by atoms with van der Waals surface area (Å²) < 4.78 is 7.13. The standard InChI is InChI=1S/C22H19N5O2S/c1-29-19-9-5-3-7-16(19)17-10-11-20-23-24-22(27(20)25-17)30-14-21(28)26-13-12-15-6-2-4-8-18(15)26/h2-11H,12-14H2,1H3. The first-order chi connectivity index (χ1) is 14.7. The maximum atomic E-state index is 12.8. The van der Waals surface area contributed by atoms with Gasteiger partial charge in [-0.25, -0.2) is 0 Å². The van der Waals surface area contributed by atoms with E-state index in [1.54, 1.807) is 11.6 Å². The molecule has 0 aliphatic carbocycles. The van der Waals surface area contributed by atoms with Gasteiger partial charge in [0.15, 0.2) is 5.65 Å². The molecule has 0 saturated carbocycles. The highest BCUT2D eigenvalue weighted by Gasteiger charge is 2.24. The molecular weight excluding hydrogens is 398 g/mol. The molecule has 8 heteroatoms. The number of para-hydroxylation sites is 2. The molecule has 0 unspecified atom stereocenters. The van der Waals surface area contributed by atoms with Crippen LogP contribution < -0.4 is 9.64 Å². The number of methoxy groups -OCH3 is 1. The molecule has 0 atom stereocenters. The number of aromatic nitrogens is 4. The van der Waals surface area contributed by atoms with Crippen LogP contribution in [0.15, 0.2) is 65.8 Å². The molecule has 7 nitrogen and oxygen atoms in total. The molecule has 0 fully saturated rings. The van der Waals surface area contributed by atoms with E-state index in [9.17, 15) is 4.79 Å². The number of ether oxygens (including phenoxy) is 1. The van der Waals surface area contributed by atoms with Gasteiger partial charge in [-0.05, 0) is 42.3 Å². The summed E-state index contributed by atoms with van der Waals surface area (Å²) in [5.74, 6) is 1.08. The molecule has 3 heterocycles. The van der Waals surface area contributed by atoms with Crippen molar-refractivity contribution in [1.82, 2.24) is 19.8 Å². The second-order valence-corrected chi connectivity index (χ2v) is 7.83. The Kier molecular flexibility index (Phi) is 4.84. The van der Waals surface area contributed by atoms with Gasteiger partial charge in [0, 0.05) is 17.8 Å². The van der Waals surface area contributed by atoms with E-state index < -0.39 is 0 Å². The van der Waals surface area contributed by atoms with Crippen LogP contribution in [0, 0.1) is 0 Å². The number of hydrogen-bond donors (Lipinski definition) is 0. The van der Waals surface area contributed by atoms with Crippen LogP contribution in [0.4, 0.5) is 5.69 Å². The first-order valence-corrected chi connectivity index (χ1v) is 10.6. The van der Waals surface area contributed by atoms with Crippen molar-refractivity contribution >= 4 is 29.0 Å². The third kappa shape index (κ3) is 3.29. The molecule has 0 N–H and O–H groups in total. The lowest BCUT2D eigenvalue weighted by molar-refractivity contribution is -0.116. The Morgan fingerprint density at radius 3 is 2.80 bits per heavy atom. The van der Waals surface area contributed by atoms with E-state index in [1.165, 1.54) is 17.3 Å². The van der Waals surface area contributed by atoms with Crippen LogP contribution >= 0.6 is 11.8 Å². The number of rotatable bonds is 5. The lowest BCUT2D eigenvalue weighted by Gasteiger charge is -2.16. The molecule has 1 aliphatic heterocycles. The zero-order valence-electron chi connectivity index (χ0n) is 16.4. The van der Waals surface area contributed by atoms with E-state index in [0.29, 0.717) is 10.8 Å². The fourth-order valence-corrected chi connectivity index (χ4v) is 4.42. The highest BCUT2D eigenvalue weighted by molar-refractivity contribution is 7.99. The van der Waals surface area contributed by atoms with E-state index in [1.807, 2.05) is 59.5 Å². The number of carbonyl (C=O) groups is 1. The smallest absolute Gasteiger partial charge is 0.237 e. The van der Waals surface area contributed by atoms with E-state index in [2.05, 4.69) is 16.3 Å². The van der Waals surface area contributed by atoms with Gasteiger partial charge in [0.25, 0.3) is 0 Å². The van der Waals surface area contributed by atoms with Gasteiger partial charge in [-0.1, -0.05) is 42.1 Å². The van der Waals surface area contributed by atoms with Gasteiger partial charge in [0.2, 0.25) is 11.1 Å². The molecule has 2 aromatic carbocycles. The Balaban J connectivity index is 1.38. The largest absolute Gasteiger partial charge is 0.496 e. The Morgan fingerprint density at radius 1 is 1.07 bits per heavy atom. The van der Waals surface area contributed by atoms with E-state index in [-0.39, 0.29) is 11.7 Å². The van der Waals surface area contributed by atoms with Gasteiger partial charge in [-0.15, -0.1) is 10.2 Å². The Labute approximate surface area is 177 Å². The minimum atomic E-state index is 0.0579. The molecule has 1 aliphatic rings. The van der Waals surface area contributed by atoms with Gasteiger partial charge in [0.1, 0.15) is 5.75 Å². The fraction of sp³-hybridized carbons (Fsp3) is 0.182. The van der Waals surface area contributed by atoms with Crippen molar-refractivity contribution in [3.63, 3.8) is 0 Å². The van der Waals surface area contributed by atoms with E-state index in [0.717, 1.165) is 35.7 Å². The SMILES string of the molecule is COc1ccccc1-c1ccc2nnc(SCC(=O)N3CCc4ccccc43)n2n1. The Bertz CT molecular complexity index is 1240. The molecule has 5 rings (SSSR count). The molecule has 0 saturated heterocycles. The van der Waals surface area contributed by atoms with Crippen molar-refractivity contribution < 1.29 is 9.53 Å². The third-order valence-corrected chi connectivity index (χ3v) is 6.03. The number of thioether (sulfide) groups is 1. The predicted molar refractivity (Wildman–Crippen MR) is 116 cm³/mol. The lowest BCUT2D eigenvalue weighted by Crippen LogP contribution is -2.30. The van der Waals surface area contributed by atoms with Crippen LogP contribution in [-0.2, 0) is 11.2 Å². The maximum Gasteiger partial charge on any atom is 0.237 e. The van der Waals surface area contributed by atoms with Crippen LogP contribution in [0.2, 0.25) is 0 Å². The summed E-state index contributed by atoms with van der Waals surface area (Å²) in [6.45, 7) is 0.718. The monoisotopic (exact) mass is 417 g/mol. The van der Waals surface area contributed by atoms with Gasteiger partial charge in [-0.2, -0.15) is 9.61 Å². The second-order valence-electron chi connectivity index (χ2n) is 6.88. The number of carbonyl (C=O) groups excluding carboxylic acids is 1. The van der Waals surface area contributed by atoms with Crippen LogP contribution in [0.3, 0.4) is 0 Å². The molecule has 0 radical (unpaired) electrons. The average molecular weight is 417 g/mol. The predicted octanol–water partition coefficient (Wildman–Crippen LogP) is 3.48. The zero-order chi connectivity index (χ0) is 20.5. The Morgan fingerprint density at radius 2 is 1.90 bits per heavy atom. The van der Waals surface area contributed by atoms with Gasteiger partial charge >= 0.3 is 0 Å². The van der Waals surface area contributed by atoms with E-state index >= 15 is 0 Å². The summed E-state index contributed by atoms with van der Waals surface area (Å²) in [5.41, 5.74) is 4.49. The third-order valence-electron chi connectivity index (χ3n) is 5.13. The molecule has 0 spiro atoms. The van der Waals surface area contributed by atoms with Crippen molar-refractivity contribution in [3.05, 3.63) is 66.2 Å². The Hall–Kier alpha value is -3.39. The summed E-state index contributed by atoms with van der Waals surface area (Å²) in [5, 5.41) is 13.7. The van der Waals surface area contributed by atoms with Gasteiger partial charge < -0.3 is 9.64 Å². The number of anilines is 1. The quantitative estimate of drug-likeness (QED) is 0.463. The first-order valence-electron chi connectivity index (χ1n) is 9.61. The zero-order valence-corrected chi connectivity index (χ0v) is 17.2. The minimum Gasteiger partial charge on any atom is -0.496 e. The highest BCUT2D eigenvalue weighted by Crippen LogP contribution is 2.30. The minimum absolute atomic E-state index is 0.0579. The molecule has 0 bridgehead atoms. The maximum absolute atomic E-state index is 12.8. The fourth-order valence-electron chi connectivity index (χ4n) is 3.66. The van der Waals surface area contributed by atoms with Crippen LogP contribution in [-0.4, -0.2) is 45.1 Å². The second kappa shape index (κ2) is 7.79. The summed E-state index contributed by atoms with van der Waals surface area (Å²) in [6, 6.07) is 19.5. The molecule has 30 heavy (non-hydrogen) atoms. The molecule has 150 valence electrons. The number of nitrogens with zero attached hydrogens (tertiary/aromatic N) is 5. The summed E-state index contributed by atoms with van der Waals surface area (Å²) >= 11 is 1.34. The molecule has 4 aromatic rings. The average Bonchev–Trinajstić information content (AvgIpc) is 3.41. The summed E-state index contributed by atoms with van der Waals surface area (Å²) in [7, 11) is 1.64. The van der Waals surface area contributed by atoms with Crippen LogP contribution in [0.1, 0.15) is 5.56 Å². The van der Waals surface area contributed by atoms with Crippen molar-refractivity contribution in [1.29, 1.82) is 0 Å². The van der Waals surface area contributed by atoms with Crippen LogP contribution in [0.5, 0.6) is 5.75 Å². The first kappa shape index (κ1) is 18.6. The summed E-state index contributed by atoms with van der Waals surface area (Å²) in [4.78, 5) is 14.7. The van der Waals surface area contributed by atoms with Crippen molar-refractivity contribution in [2.24, 2.45) is 0 Å². The summed E-state index contributed by atoms with van der Waals surface area (Å²) in [6.07, 6.45) is 0.893. The van der Waals surface area contributed by atoms with Crippen LogP contribution in [0.25, 0.3) is 16.9 Å². The van der Waals surface area contributed by atoms with Gasteiger partial charge in [-0.3, -0.25) is 4.79 Å². The lowest BCUT2D eigenvalue weighted by atomic mass is 10.1. The molecule has 1 amide bonds. The topological polar surface area (TPSA) is 72.6 Å². The highest BCUT2D eigenvalue weighted by atomic mass is 32.2. The number of benzene rings is 2. The number of fused-ring (bicyclic) bond motifs is 2. The van der Waals surface area contributed by atoms with Crippen molar-refractivity contribution in [3.8, 4) is 17.0 Å². The molecule has 2 aromatic heterocycles. The van der Waals surface area contributed by atoms with Gasteiger partial charge in [0.05, 0.1) is 18.6 Å². The number of hydrogen-bond acceptors (Lipinski definition) is 6.